The molecule has 1 aromatic heterocycles. The van der Waals surface area contributed by atoms with E-state index >= 15 is 0 Å². The molecule has 0 saturated carbocycles. The second kappa shape index (κ2) is 6.03. The number of benzene rings is 1. The zero-order valence-corrected chi connectivity index (χ0v) is 11.4. The Morgan fingerprint density at radius 1 is 1.14 bits per heavy atom. The van der Waals surface area contributed by atoms with E-state index in [-0.39, 0.29) is 11.8 Å². The third kappa shape index (κ3) is 3.87. The number of nitrogens with zero attached hydrogens (tertiary/aromatic N) is 1. The van der Waals surface area contributed by atoms with Gasteiger partial charge in [-0.05, 0) is 36.2 Å². The molecule has 0 radical (unpaired) electrons. The summed E-state index contributed by atoms with van der Waals surface area (Å²) in [7, 11) is 0. The normalized spacial score (nSPS) is 13.0. The Hall–Kier alpha value is -2.24. The van der Waals surface area contributed by atoms with E-state index in [0.717, 1.165) is 18.1 Å². The van der Waals surface area contributed by atoms with Crippen LogP contribution in [0, 0.1) is 0 Å². The number of hydrogen-bond donors (Lipinski definition) is 2. The molecule has 112 valence electrons. The van der Waals surface area contributed by atoms with Crippen LogP contribution >= 0.6 is 0 Å². The van der Waals surface area contributed by atoms with E-state index < -0.39 is 11.9 Å². The molecule has 6 heteroatoms. The average molecular weight is 296 g/mol. The Balaban J connectivity index is 2.13. The summed E-state index contributed by atoms with van der Waals surface area (Å²) in [5.74, 6) is 0.171. The van der Waals surface area contributed by atoms with E-state index in [9.17, 15) is 18.3 Å². The summed E-state index contributed by atoms with van der Waals surface area (Å²) in [6, 6.07) is 8.94. The number of aromatic hydroxyl groups is 1. The van der Waals surface area contributed by atoms with Crippen molar-refractivity contribution in [1.82, 2.24) is 4.98 Å². The lowest BCUT2D eigenvalue weighted by atomic mass is 10.0. The van der Waals surface area contributed by atoms with Gasteiger partial charge in [0.05, 0.1) is 17.9 Å². The van der Waals surface area contributed by atoms with Crippen molar-refractivity contribution in [1.29, 1.82) is 0 Å². The van der Waals surface area contributed by atoms with E-state index in [4.69, 9.17) is 0 Å². The Morgan fingerprint density at radius 3 is 2.29 bits per heavy atom. The molecule has 2 rings (SSSR count). The zero-order valence-electron chi connectivity index (χ0n) is 11.4. The molecule has 0 saturated heterocycles. The molecular weight excluding hydrogens is 281 g/mol. The molecule has 0 amide bonds. The number of nitrogens with one attached hydrogen (secondary N) is 1. The highest BCUT2D eigenvalue weighted by molar-refractivity contribution is 5.44. The van der Waals surface area contributed by atoms with Crippen LogP contribution in [0.15, 0.2) is 42.6 Å². The zero-order chi connectivity index (χ0) is 15.5. The van der Waals surface area contributed by atoms with Gasteiger partial charge in [-0.25, -0.2) is 4.98 Å². The molecule has 1 aromatic carbocycles. The summed E-state index contributed by atoms with van der Waals surface area (Å²) in [5, 5.41) is 12.4. The van der Waals surface area contributed by atoms with Gasteiger partial charge in [-0.15, -0.1) is 0 Å². The second-order valence-corrected chi connectivity index (χ2v) is 4.63. The number of aromatic nitrogens is 1. The average Bonchev–Trinajstić information content (AvgIpc) is 2.45. The molecule has 0 aliphatic carbocycles. The van der Waals surface area contributed by atoms with Crippen molar-refractivity contribution in [3.63, 3.8) is 0 Å². The predicted octanol–water partition coefficient (Wildman–Crippen LogP) is 4.37. The summed E-state index contributed by atoms with van der Waals surface area (Å²) in [5.41, 5.74) is 0.545. The Morgan fingerprint density at radius 2 is 1.81 bits per heavy atom. The molecule has 0 aliphatic heterocycles. The highest BCUT2D eigenvalue weighted by atomic mass is 19.4. The lowest BCUT2D eigenvalue weighted by Gasteiger charge is -2.19. The van der Waals surface area contributed by atoms with Crippen molar-refractivity contribution >= 4 is 5.69 Å². The topological polar surface area (TPSA) is 45.2 Å². The summed E-state index contributed by atoms with van der Waals surface area (Å²) < 4.78 is 37.3. The van der Waals surface area contributed by atoms with Gasteiger partial charge in [-0.3, -0.25) is 0 Å². The smallest absolute Gasteiger partial charge is 0.433 e. The van der Waals surface area contributed by atoms with Gasteiger partial charge in [-0.2, -0.15) is 13.2 Å². The minimum Gasteiger partial charge on any atom is -0.508 e. The van der Waals surface area contributed by atoms with Gasteiger partial charge in [0.1, 0.15) is 11.4 Å². The van der Waals surface area contributed by atoms with E-state index in [1.54, 1.807) is 24.3 Å². The van der Waals surface area contributed by atoms with Crippen molar-refractivity contribution < 1.29 is 18.3 Å². The number of alkyl halides is 3. The second-order valence-electron chi connectivity index (χ2n) is 4.63. The van der Waals surface area contributed by atoms with Gasteiger partial charge >= 0.3 is 6.18 Å². The SMILES string of the molecule is CCC(Nc1ccc(C(F)(F)F)nc1)c1ccc(O)cc1. The molecular formula is C15H15F3N2O. The van der Waals surface area contributed by atoms with Crippen molar-refractivity contribution in [3.8, 4) is 5.75 Å². The molecule has 1 heterocycles. The summed E-state index contributed by atoms with van der Waals surface area (Å²) in [4.78, 5) is 3.42. The summed E-state index contributed by atoms with van der Waals surface area (Å²) >= 11 is 0. The highest BCUT2D eigenvalue weighted by Gasteiger charge is 2.32. The molecule has 3 nitrogen and oxygen atoms in total. The Bertz CT molecular complexity index is 579. The maximum atomic E-state index is 12.4. The molecule has 0 spiro atoms. The maximum absolute atomic E-state index is 12.4. The fourth-order valence-electron chi connectivity index (χ4n) is 1.98. The lowest BCUT2D eigenvalue weighted by Crippen LogP contribution is -2.11. The molecule has 1 atom stereocenters. The fraction of sp³-hybridized carbons (Fsp3) is 0.267. The molecule has 2 aromatic rings. The van der Waals surface area contributed by atoms with E-state index in [1.807, 2.05) is 6.92 Å². The van der Waals surface area contributed by atoms with Gasteiger partial charge < -0.3 is 10.4 Å². The Labute approximate surface area is 120 Å². The number of rotatable bonds is 4. The van der Waals surface area contributed by atoms with Crippen LogP contribution in [0.2, 0.25) is 0 Å². The van der Waals surface area contributed by atoms with Crippen LogP contribution in [0.25, 0.3) is 0 Å². The first-order valence-corrected chi connectivity index (χ1v) is 6.49. The van der Waals surface area contributed by atoms with Gasteiger partial charge in [0.15, 0.2) is 0 Å². The first kappa shape index (κ1) is 15.2. The van der Waals surface area contributed by atoms with Gasteiger partial charge in [0, 0.05) is 0 Å². The van der Waals surface area contributed by atoms with Crippen LogP contribution in [0.5, 0.6) is 5.75 Å². The number of pyridine rings is 1. The van der Waals surface area contributed by atoms with Crippen LogP contribution in [0.1, 0.15) is 30.6 Å². The van der Waals surface area contributed by atoms with Crippen LogP contribution in [0.3, 0.4) is 0 Å². The first-order valence-electron chi connectivity index (χ1n) is 6.49. The van der Waals surface area contributed by atoms with Gasteiger partial charge in [0.2, 0.25) is 0 Å². The number of phenols is 1. The largest absolute Gasteiger partial charge is 0.508 e. The van der Waals surface area contributed by atoms with Crippen LogP contribution in [0.4, 0.5) is 18.9 Å². The monoisotopic (exact) mass is 296 g/mol. The summed E-state index contributed by atoms with van der Waals surface area (Å²) in [6.45, 7) is 1.96. The third-order valence-corrected chi connectivity index (χ3v) is 3.10. The highest BCUT2D eigenvalue weighted by Crippen LogP contribution is 2.29. The minimum absolute atomic E-state index is 0.0656. The molecule has 1 unspecified atom stereocenters. The van der Waals surface area contributed by atoms with E-state index in [1.165, 1.54) is 12.3 Å². The number of anilines is 1. The van der Waals surface area contributed by atoms with Gasteiger partial charge in [-0.1, -0.05) is 19.1 Å². The minimum atomic E-state index is -4.43. The van der Waals surface area contributed by atoms with Gasteiger partial charge in [0.25, 0.3) is 0 Å². The maximum Gasteiger partial charge on any atom is 0.433 e. The van der Waals surface area contributed by atoms with Crippen molar-refractivity contribution in [3.05, 3.63) is 53.9 Å². The molecule has 0 bridgehead atoms. The Kier molecular flexibility index (Phi) is 4.35. The number of halogens is 3. The number of phenolic OH excluding ortho intramolecular Hbond substituents is 1. The molecule has 0 aliphatic rings. The van der Waals surface area contributed by atoms with Crippen molar-refractivity contribution in [2.45, 2.75) is 25.6 Å². The molecule has 21 heavy (non-hydrogen) atoms. The standard InChI is InChI=1S/C15H15F3N2O/c1-2-13(10-3-6-12(21)7-4-10)20-11-5-8-14(19-9-11)15(16,17)18/h3-9,13,20-21H,2H2,1H3. The quantitative estimate of drug-likeness (QED) is 0.880. The summed E-state index contributed by atoms with van der Waals surface area (Å²) in [6.07, 6.45) is -2.52. The number of hydrogen-bond acceptors (Lipinski definition) is 3. The molecule has 0 fully saturated rings. The van der Waals surface area contributed by atoms with E-state index in [2.05, 4.69) is 10.3 Å². The van der Waals surface area contributed by atoms with Crippen LogP contribution in [-0.4, -0.2) is 10.1 Å². The van der Waals surface area contributed by atoms with Crippen molar-refractivity contribution in [2.24, 2.45) is 0 Å². The van der Waals surface area contributed by atoms with Crippen molar-refractivity contribution in [2.75, 3.05) is 5.32 Å². The third-order valence-electron chi connectivity index (χ3n) is 3.10. The first-order chi connectivity index (χ1) is 9.90. The van der Waals surface area contributed by atoms with Crippen LogP contribution in [-0.2, 0) is 6.18 Å². The van der Waals surface area contributed by atoms with Crippen LogP contribution < -0.4 is 5.32 Å². The predicted molar refractivity (Wildman–Crippen MR) is 74.0 cm³/mol. The van der Waals surface area contributed by atoms with E-state index in [0.29, 0.717) is 5.69 Å². The lowest BCUT2D eigenvalue weighted by molar-refractivity contribution is -0.141. The molecule has 2 N–H and O–H groups in total. The fourth-order valence-corrected chi connectivity index (χ4v) is 1.98.